The average Bonchev–Trinajstić information content (AvgIpc) is 3.17. The maximum Gasteiger partial charge on any atom is 0.334 e. The van der Waals surface area contributed by atoms with Crippen molar-refractivity contribution in [2.24, 2.45) is 0 Å². The summed E-state index contributed by atoms with van der Waals surface area (Å²) >= 11 is 0.665. The highest BCUT2D eigenvalue weighted by Crippen LogP contribution is 2.11. The molecular formula is C14H9N3O4S. The zero-order chi connectivity index (χ0) is 15.5. The van der Waals surface area contributed by atoms with E-state index in [1.807, 2.05) is 0 Å². The van der Waals surface area contributed by atoms with Gasteiger partial charge in [0.05, 0.1) is 6.26 Å². The predicted octanol–water partition coefficient (Wildman–Crippen LogP) is 1.84. The van der Waals surface area contributed by atoms with Crippen LogP contribution in [0, 0.1) is 0 Å². The van der Waals surface area contributed by atoms with E-state index in [1.54, 1.807) is 36.4 Å². The molecule has 0 fully saturated rings. The number of nitrogens with one attached hydrogen (secondary N) is 1. The third-order valence-electron chi connectivity index (χ3n) is 2.73. The lowest BCUT2D eigenvalue weighted by atomic mass is 10.2. The van der Waals surface area contributed by atoms with Crippen LogP contribution in [0.25, 0.3) is 0 Å². The van der Waals surface area contributed by atoms with E-state index in [4.69, 9.17) is 4.42 Å². The number of anilines is 1. The van der Waals surface area contributed by atoms with Crippen LogP contribution < -0.4 is 10.2 Å². The minimum Gasteiger partial charge on any atom is -0.459 e. The normalized spacial score (nSPS) is 10.4. The number of furan rings is 1. The van der Waals surface area contributed by atoms with Crippen molar-refractivity contribution in [2.75, 3.05) is 5.32 Å². The molecule has 0 aliphatic rings. The molecule has 1 amide bonds. The van der Waals surface area contributed by atoms with E-state index >= 15 is 0 Å². The van der Waals surface area contributed by atoms with E-state index in [1.165, 1.54) is 12.3 Å². The van der Waals surface area contributed by atoms with E-state index in [2.05, 4.69) is 10.4 Å². The monoisotopic (exact) mass is 315 g/mol. The van der Waals surface area contributed by atoms with Crippen LogP contribution in [0.2, 0.25) is 0 Å². The van der Waals surface area contributed by atoms with Crippen LogP contribution in [0.4, 0.5) is 5.13 Å². The second-order valence-corrected chi connectivity index (χ2v) is 5.13. The summed E-state index contributed by atoms with van der Waals surface area (Å²) in [5, 5.41) is 6.27. The van der Waals surface area contributed by atoms with Crippen LogP contribution in [0.5, 0.6) is 0 Å². The van der Waals surface area contributed by atoms with Crippen molar-refractivity contribution >= 4 is 28.3 Å². The number of amides is 1. The molecule has 0 bridgehead atoms. The summed E-state index contributed by atoms with van der Waals surface area (Å²) in [7, 11) is 0. The predicted molar refractivity (Wildman–Crippen MR) is 79.2 cm³/mol. The molecule has 0 aliphatic carbocycles. The molecule has 0 atom stereocenters. The molecule has 0 unspecified atom stereocenters. The SMILES string of the molecule is O=C(Nc1nn(C(=O)c2ccccc2)c(=O)s1)c1ccco1. The summed E-state index contributed by atoms with van der Waals surface area (Å²) in [4.78, 5) is 35.2. The molecule has 0 saturated carbocycles. The lowest BCUT2D eigenvalue weighted by Crippen LogP contribution is -2.24. The number of carbonyl (C=O) groups is 2. The summed E-state index contributed by atoms with van der Waals surface area (Å²) in [6.45, 7) is 0. The maximum atomic E-state index is 12.2. The number of nitrogens with zero attached hydrogens (tertiary/aromatic N) is 2. The van der Waals surface area contributed by atoms with Gasteiger partial charge in [0.15, 0.2) is 5.76 Å². The van der Waals surface area contributed by atoms with Gasteiger partial charge in [0, 0.05) is 5.56 Å². The van der Waals surface area contributed by atoms with Crippen molar-refractivity contribution in [3.05, 3.63) is 69.7 Å². The summed E-state index contributed by atoms with van der Waals surface area (Å²) in [6.07, 6.45) is 1.36. The Labute approximate surface area is 127 Å². The van der Waals surface area contributed by atoms with Gasteiger partial charge in [-0.05, 0) is 35.6 Å². The van der Waals surface area contributed by atoms with Crippen molar-refractivity contribution in [1.82, 2.24) is 9.78 Å². The number of carbonyl (C=O) groups excluding carboxylic acids is 2. The van der Waals surface area contributed by atoms with Gasteiger partial charge in [-0.1, -0.05) is 18.2 Å². The third-order valence-corrected chi connectivity index (χ3v) is 3.45. The zero-order valence-electron chi connectivity index (χ0n) is 11.1. The highest BCUT2D eigenvalue weighted by Gasteiger charge is 2.17. The van der Waals surface area contributed by atoms with E-state index in [-0.39, 0.29) is 10.9 Å². The largest absolute Gasteiger partial charge is 0.459 e. The number of rotatable bonds is 3. The first-order valence-electron chi connectivity index (χ1n) is 6.20. The zero-order valence-corrected chi connectivity index (χ0v) is 11.9. The number of aromatic nitrogens is 2. The molecule has 7 nitrogen and oxygen atoms in total. The summed E-state index contributed by atoms with van der Waals surface area (Å²) in [5.74, 6) is -1.01. The molecule has 3 rings (SSSR count). The van der Waals surface area contributed by atoms with Crippen LogP contribution in [-0.2, 0) is 0 Å². The van der Waals surface area contributed by atoms with Gasteiger partial charge in [0.1, 0.15) is 0 Å². The lowest BCUT2D eigenvalue weighted by Gasteiger charge is -1.99. The van der Waals surface area contributed by atoms with E-state index in [0.717, 1.165) is 4.68 Å². The highest BCUT2D eigenvalue weighted by molar-refractivity contribution is 7.13. The van der Waals surface area contributed by atoms with E-state index in [9.17, 15) is 14.4 Å². The second kappa shape index (κ2) is 5.78. The van der Waals surface area contributed by atoms with Gasteiger partial charge in [-0.3, -0.25) is 19.7 Å². The molecule has 0 spiro atoms. The topological polar surface area (TPSA) is 94.2 Å². The van der Waals surface area contributed by atoms with Gasteiger partial charge < -0.3 is 4.42 Å². The minimum absolute atomic E-state index is 0.0238. The fraction of sp³-hybridized carbons (Fsp3) is 0. The molecule has 22 heavy (non-hydrogen) atoms. The van der Waals surface area contributed by atoms with Gasteiger partial charge in [-0.25, -0.2) is 0 Å². The van der Waals surface area contributed by atoms with Gasteiger partial charge in [-0.2, -0.15) is 0 Å². The molecule has 3 aromatic rings. The van der Waals surface area contributed by atoms with Crippen molar-refractivity contribution in [3.8, 4) is 0 Å². The molecule has 1 aromatic carbocycles. The lowest BCUT2D eigenvalue weighted by molar-refractivity contribution is 0.0939. The average molecular weight is 315 g/mol. The molecule has 0 saturated heterocycles. The Hall–Kier alpha value is -3.00. The van der Waals surface area contributed by atoms with Crippen LogP contribution >= 0.6 is 11.3 Å². The Bertz CT molecular complexity index is 865. The fourth-order valence-electron chi connectivity index (χ4n) is 1.73. The first-order chi connectivity index (χ1) is 10.6. The van der Waals surface area contributed by atoms with E-state index < -0.39 is 16.7 Å². The highest BCUT2D eigenvalue weighted by atomic mass is 32.1. The molecule has 2 aromatic heterocycles. The molecule has 110 valence electrons. The van der Waals surface area contributed by atoms with Crippen molar-refractivity contribution in [1.29, 1.82) is 0 Å². The molecule has 8 heteroatoms. The Morgan fingerprint density at radius 2 is 1.91 bits per heavy atom. The van der Waals surface area contributed by atoms with Gasteiger partial charge >= 0.3 is 4.87 Å². The Balaban J connectivity index is 1.84. The summed E-state index contributed by atoms with van der Waals surface area (Å²) in [5.41, 5.74) is 0.332. The standard InChI is InChI=1S/C14H9N3O4S/c18-11(10-7-4-8-21-10)15-13-16-17(14(20)22-13)12(19)9-5-2-1-3-6-9/h1-8H,(H,15,16,18). The maximum absolute atomic E-state index is 12.2. The van der Waals surface area contributed by atoms with Crippen molar-refractivity contribution in [3.63, 3.8) is 0 Å². The summed E-state index contributed by atoms with van der Waals surface area (Å²) < 4.78 is 5.65. The second-order valence-electron chi connectivity index (χ2n) is 4.19. The van der Waals surface area contributed by atoms with Crippen LogP contribution in [0.3, 0.4) is 0 Å². The van der Waals surface area contributed by atoms with E-state index in [0.29, 0.717) is 16.9 Å². The van der Waals surface area contributed by atoms with Crippen molar-refractivity contribution in [2.45, 2.75) is 0 Å². The molecule has 2 heterocycles. The third kappa shape index (κ3) is 2.72. The Morgan fingerprint density at radius 3 is 2.59 bits per heavy atom. The van der Waals surface area contributed by atoms with Crippen molar-refractivity contribution < 1.29 is 14.0 Å². The fourth-order valence-corrected chi connectivity index (χ4v) is 2.37. The Morgan fingerprint density at radius 1 is 1.14 bits per heavy atom. The molecular weight excluding hydrogens is 306 g/mol. The Kier molecular flexibility index (Phi) is 3.67. The van der Waals surface area contributed by atoms with Gasteiger partial charge in [0.2, 0.25) is 5.13 Å². The number of hydrogen-bond acceptors (Lipinski definition) is 6. The first kappa shape index (κ1) is 14.0. The molecule has 0 radical (unpaired) electrons. The van der Waals surface area contributed by atoms with Crippen LogP contribution in [-0.4, -0.2) is 21.6 Å². The first-order valence-corrected chi connectivity index (χ1v) is 7.01. The van der Waals surface area contributed by atoms with Crippen LogP contribution in [0.15, 0.2) is 57.9 Å². The summed E-state index contributed by atoms with van der Waals surface area (Å²) in [6, 6.07) is 11.3. The smallest absolute Gasteiger partial charge is 0.334 e. The molecule has 0 aliphatic heterocycles. The number of hydrogen-bond donors (Lipinski definition) is 1. The molecule has 1 N–H and O–H groups in total. The minimum atomic E-state index is -0.580. The van der Waals surface area contributed by atoms with Gasteiger partial charge in [0.25, 0.3) is 11.8 Å². The number of benzene rings is 1. The van der Waals surface area contributed by atoms with Crippen LogP contribution in [0.1, 0.15) is 20.9 Å². The van der Waals surface area contributed by atoms with Gasteiger partial charge in [-0.15, -0.1) is 9.78 Å². The quantitative estimate of drug-likeness (QED) is 0.796.